The molecule has 1 N–H and O–H groups in total. The smallest absolute Gasteiger partial charge is 0.161 e. The van der Waals surface area contributed by atoms with Gasteiger partial charge in [-0.25, -0.2) is 0 Å². The molecule has 1 atom stereocenters. The predicted octanol–water partition coefficient (Wildman–Crippen LogP) is 3.26. The largest absolute Gasteiger partial charge is 0.493 e. The molecule has 4 heteroatoms. The minimum Gasteiger partial charge on any atom is -0.493 e. The van der Waals surface area contributed by atoms with Crippen LogP contribution in [0.15, 0.2) is 36.4 Å². The number of fused-ring (bicyclic) bond motifs is 5. The number of nitrogens with zero attached hydrogens (tertiary/aromatic N) is 1. The van der Waals surface area contributed by atoms with Crippen molar-refractivity contribution in [3.63, 3.8) is 0 Å². The summed E-state index contributed by atoms with van der Waals surface area (Å²) in [7, 11) is 5.26. The lowest BCUT2D eigenvalue weighted by molar-refractivity contribution is 0.226. The fourth-order valence-electron chi connectivity index (χ4n) is 3.51. The Morgan fingerprint density at radius 2 is 1.73 bits per heavy atom. The number of aromatic nitrogens is 1. The summed E-state index contributed by atoms with van der Waals surface area (Å²) in [6.07, 6.45) is -0.643. The number of aryl methyl sites for hydroxylation is 1. The summed E-state index contributed by atoms with van der Waals surface area (Å²) in [5, 5.41) is 11.9. The molecule has 3 aromatic rings. The number of para-hydroxylation sites is 1. The molecule has 0 saturated carbocycles. The van der Waals surface area contributed by atoms with Gasteiger partial charge in [0.2, 0.25) is 0 Å². The van der Waals surface area contributed by atoms with E-state index in [0.717, 1.165) is 33.3 Å². The molecule has 4 rings (SSSR count). The lowest BCUT2D eigenvalue weighted by Crippen LogP contribution is -1.97. The molecule has 4 nitrogen and oxygen atoms in total. The van der Waals surface area contributed by atoms with Crippen LogP contribution in [0.5, 0.6) is 11.5 Å². The summed E-state index contributed by atoms with van der Waals surface area (Å²) < 4.78 is 12.9. The Balaban J connectivity index is 2.08. The number of aliphatic hydroxyl groups is 1. The van der Waals surface area contributed by atoms with Crippen molar-refractivity contribution >= 4 is 10.9 Å². The van der Waals surface area contributed by atoms with E-state index in [0.29, 0.717) is 11.5 Å². The maximum atomic E-state index is 10.8. The highest BCUT2D eigenvalue weighted by molar-refractivity contribution is 5.96. The van der Waals surface area contributed by atoms with Gasteiger partial charge in [-0.05, 0) is 23.8 Å². The predicted molar refractivity (Wildman–Crippen MR) is 85.5 cm³/mol. The van der Waals surface area contributed by atoms with Gasteiger partial charge in [-0.3, -0.25) is 0 Å². The molecule has 1 aliphatic carbocycles. The highest BCUT2D eigenvalue weighted by Gasteiger charge is 2.34. The fraction of sp³-hybridized carbons (Fsp3) is 0.222. The standard InChI is InChI=1S/C18H17NO3/c1-19-13-7-5-4-6-10(13)16-17(19)11-8-14(21-2)15(22-3)9-12(11)18(16)20/h4-9,18,20H,1-3H3. The lowest BCUT2D eigenvalue weighted by atomic mass is 10.0. The summed E-state index contributed by atoms with van der Waals surface area (Å²) >= 11 is 0. The van der Waals surface area contributed by atoms with E-state index in [2.05, 4.69) is 16.7 Å². The average molecular weight is 295 g/mol. The zero-order valence-corrected chi connectivity index (χ0v) is 12.8. The molecule has 1 heterocycles. The van der Waals surface area contributed by atoms with Crippen molar-refractivity contribution in [3.8, 4) is 22.8 Å². The Morgan fingerprint density at radius 3 is 2.45 bits per heavy atom. The van der Waals surface area contributed by atoms with Crippen LogP contribution in [-0.4, -0.2) is 23.9 Å². The third-order valence-corrected chi connectivity index (χ3v) is 4.52. The van der Waals surface area contributed by atoms with Crippen molar-refractivity contribution in [1.29, 1.82) is 0 Å². The van der Waals surface area contributed by atoms with E-state index in [1.54, 1.807) is 14.2 Å². The molecule has 0 spiro atoms. The molecule has 0 amide bonds. The van der Waals surface area contributed by atoms with Crippen LogP contribution in [-0.2, 0) is 7.05 Å². The Kier molecular flexibility index (Phi) is 2.71. The van der Waals surface area contributed by atoms with E-state index in [1.807, 2.05) is 31.3 Å². The molecule has 2 aromatic carbocycles. The van der Waals surface area contributed by atoms with Gasteiger partial charge in [0.25, 0.3) is 0 Å². The monoisotopic (exact) mass is 295 g/mol. The Bertz CT molecular complexity index is 895. The molecule has 1 aliphatic rings. The summed E-state index contributed by atoms with van der Waals surface area (Å²) in [6, 6.07) is 12.0. The lowest BCUT2D eigenvalue weighted by Gasteiger charge is -2.13. The van der Waals surface area contributed by atoms with Crippen LogP contribution in [0.2, 0.25) is 0 Å². The number of ether oxygens (including phenoxy) is 2. The molecular formula is C18H17NO3. The molecule has 1 unspecified atom stereocenters. The Labute approximate surface area is 128 Å². The van der Waals surface area contributed by atoms with Gasteiger partial charge in [-0.1, -0.05) is 18.2 Å². The van der Waals surface area contributed by atoms with E-state index in [-0.39, 0.29) is 0 Å². The van der Waals surface area contributed by atoms with Gasteiger partial charge in [0.15, 0.2) is 11.5 Å². The maximum absolute atomic E-state index is 10.8. The number of rotatable bonds is 2. The quantitative estimate of drug-likeness (QED) is 0.789. The zero-order chi connectivity index (χ0) is 15.4. The van der Waals surface area contributed by atoms with Crippen LogP contribution in [0.25, 0.3) is 22.2 Å². The Morgan fingerprint density at radius 1 is 1.05 bits per heavy atom. The molecule has 0 radical (unpaired) electrons. The van der Waals surface area contributed by atoms with Gasteiger partial charge in [-0.2, -0.15) is 0 Å². The second-order valence-corrected chi connectivity index (χ2v) is 5.54. The molecule has 112 valence electrons. The minimum absolute atomic E-state index is 0.636. The first-order valence-corrected chi connectivity index (χ1v) is 7.19. The third-order valence-electron chi connectivity index (χ3n) is 4.52. The van der Waals surface area contributed by atoms with Crippen LogP contribution >= 0.6 is 0 Å². The molecule has 1 aromatic heterocycles. The van der Waals surface area contributed by atoms with E-state index < -0.39 is 6.10 Å². The minimum atomic E-state index is -0.643. The summed E-state index contributed by atoms with van der Waals surface area (Å²) in [4.78, 5) is 0. The van der Waals surface area contributed by atoms with Gasteiger partial charge >= 0.3 is 0 Å². The van der Waals surface area contributed by atoms with E-state index in [9.17, 15) is 5.11 Å². The van der Waals surface area contributed by atoms with Gasteiger partial charge in [0.1, 0.15) is 6.10 Å². The normalized spacial score (nSPS) is 15.7. The first-order chi connectivity index (χ1) is 10.7. The van der Waals surface area contributed by atoms with Crippen molar-refractivity contribution in [2.45, 2.75) is 6.10 Å². The molecule has 0 bridgehead atoms. The van der Waals surface area contributed by atoms with Gasteiger partial charge in [0.05, 0.1) is 19.9 Å². The zero-order valence-electron chi connectivity index (χ0n) is 12.8. The van der Waals surface area contributed by atoms with Gasteiger partial charge in [-0.15, -0.1) is 0 Å². The van der Waals surface area contributed by atoms with Crippen LogP contribution in [0.3, 0.4) is 0 Å². The number of benzene rings is 2. The van der Waals surface area contributed by atoms with Crippen LogP contribution in [0, 0.1) is 0 Å². The number of hydrogen-bond acceptors (Lipinski definition) is 3. The fourth-order valence-corrected chi connectivity index (χ4v) is 3.51. The molecule has 22 heavy (non-hydrogen) atoms. The average Bonchev–Trinajstić information content (AvgIpc) is 3.01. The van der Waals surface area contributed by atoms with Crippen molar-refractivity contribution in [2.24, 2.45) is 7.05 Å². The second-order valence-electron chi connectivity index (χ2n) is 5.54. The van der Waals surface area contributed by atoms with Crippen molar-refractivity contribution in [1.82, 2.24) is 4.57 Å². The maximum Gasteiger partial charge on any atom is 0.161 e. The third kappa shape index (κ3) is 1.50. The number of aliphatic hydroxyl groups excluding tert-OH is 1. The molecular weight excluding hydrogens is 278 g/mol. The summed E-state index contributed by atoms with van der Waals surface area (Å²) in [6.45, 7) is 0. The SMILES string of the molecule is COc1cc2c(cc1OC)C(O)c1c-2n(C)c2ccccc12. The first kappa shape index (κ1) is 13.2. The van der Waals surface area contributed by atoms with Crippen molar-refractivity contribution in [3.05, 3.63) is 47.5 Å². The van der Waals surface area contributed by atoms with Crippen LogP contribution < -0.4 is 9.47 Å². The number of methoxy groups -OCH3 is 2. The highest BCUT2D eigenvalue weighted by atomic mass is 16.5. The van der Waals surface area contributed by atoms with Gasteiger partial charge in [0, 0.05) is 29.1 Å². The summed E-state index contributed by atoms with van der Waals surface area (Å²) in [5.41, 5.74) is 4.99. The molecule has 0 aliphatic heterocycles. The van der Waals surface area contributed by atoms with Crippen LogP contribution in [0.4, 0.5) is 0 Å². The van der Waals surface area contributed by atoms with E-state index in [4.69, 9.17) is 9.47 Å². The number of hydrogen-bond donors (Lipinski definition) is 1. The second kappa shape index (κ2) is 4.52. The molecule has 0 fully saturated rings. The van der Waals surface area contributed by atoms with E-state index in [1.165, 1.54) is 0 Å². The van der Waals surface area contributed by atoms with Gasteiger partial charge < -0.3 is 19.1 Å². The molecule has 0 saturated heterocycles. The van der Waals surface area contributed by atoms with Crippen LogP contribution in [0.1, 0.15) is 17.2 Å². The van der Waals surface area contributed by atoms with E-state index >= 15 is 0 Å². The van der Waals surface area contributed by atoms with Crippen molar-refractivity contribution < 1.29 is 14.6 Å². The Hall–Kier alpha value is -2.46. The topological polar surface area (TPSA) is 43.6 Å². The van der Waals surface area contributed by atoms with Crippen molar-refractivity contribution in [2.75, 3.05) is 14.2 Å². The first-order valence-electron chi connectivity index (χ1n) is 7.19. The highest BCUT2D eigenvalue weighted by Crippen LogP contribution is 2.50. The summed E-state index contributed by atoms with van der Waals surface area (Å²) in [5.74, 6) is 1.31.